The highest BCUT2D eigenvalue weighted by Crippen LogP contribution is 2.11. The van der Waals surface area contributed by atoms with E-state index in [2.05, 4.69) is 0 Å². The first-order chi connectivity index (χ1) is 5.69. The van der Waals surface area contributed by atoms with Gasteiger partial charge in [-0.05, 0) is 24.0 Å². The van der Waals surface area contributed by atoms with E-state index in [0.29, 0.717) is 0 Å². The molecule has 1 heterocycles. The monoisotopic (exact) mass is 167 g/mol. The number of hydrogen-bond acceptors (Lipinski definition) is 1. The summed E-state index contributed by atoms with van der Waals surface area (Å²) in [6.45, 7) is 4.06. The van der Waals surface area contributed by atoms with Crippen LogP contribution in [-0.4, -0.2) is 15.8 Å². The van der Waals surface area contributed by atoms with Crippen molar-refractivity contribution in [2.75, 3.05) is 0 Å². The minimum atomic E-state index is -0.913. The maximum Gasteiger partial charge on any atom is 0.415 e. The van der Waals surface area contributed by atoms with Crippen LogP contribution in [-0.2, 0) is 12.8 Å². The van der Waals surface area contributed by atoms with Crippen LogP contribution in [0.2, 0.25) is 0 Å². The van der Waals surface area contributed by atoms with Gasteiger partial charge in [0.15, 0.2) is 0 Å². The number of hydrogen-bond donors (Lipinski definition) is 1. The number of carboxylic acid groups (broad SMARTS) is 1. The van der Waals surface area contributed by atoms with Gasteiger partial charge < -0.3 is 5.11 Å². The zero-order valence-corrected chi connectivity index (χ0v) is 7.37. The van der Waals surface area contributed by atoms with E-state index in [4.69, 9.17) is 5.11 Å². The molecule has 0 bridgehead atoms. The molecule has 66 valence electrons. The van der Waals surface area contributed by atoms with Gasteiger partial charge >= 0.3 is 6.09 Å². The topological polar surface area (TPSA) is 42.2 Å². The third-order valence-electron chi connectivity index (χ3n) is 1.98. The Kier molecular flexibility index (Phi) is 2.53. The molecule has 0 saturated carbocycles. The van der Waals surface area contributed by atoms with E-state index in [1.165, 1.54) is 4.57 Å². The minimum absolute atomic E-state index is 0.892. The fourth-order valence-electron chi connectivity index (χ4n) is 1.29. The number of aryl methyl sites for hydroxylation is 2. The smallest absolute Gasteiger partial charge is 0.415 e. The van der Waals surface area contributed by atoms with Crippen molar-refractivity contribution in [3.8, 4) is 0 Å². The molecule has 0 amide bonds. The van der Waals surface area contributed by atoms with Gasteiger partial charge in [-0.1, -0.05) is 13.8 Å². The lowest BCUT2D eigenvalue weighted by molar-refractivity contribution is 0.196. The Bertz CT molecular complexity index is 267. The zero-order chi connectivity index (χ0) is 9.14. The van der Waals surface area contributed by atoms with Crippen molar-refractivity contribution in [1.29, 1.82) is 0 Å². The van der Waals surface area contributed by atoms with Gasteiger partial charge in [0.1, 0.15) is 0 Å². The first kappa shape index (κ1) is 8.84. The highest BCUT2D eigenvalue weighted by atomic mass is 16.4. The summed E-state index contributed by atoms with van der Waals surface area (Å²) in [5.74, 6) is 0. The average molecular weight is 167 g/mol. The summed E-state index contributed by atoms with van der Waals surface area (Å²) in [6.07, 6.45) is 4.24. The Balaban J connectivity index is 3.05. The molecule has 0 atom stereocenters. The highest BCUT2D eigenvalue weighted by Gasteiger charge is 2.06. The normalized spacial score (nSPS) is 10.2. The minimum Gasteiger partial charge on any atom is -0.464 e. The van der Waals surface area contributed by atoms with E-state index in [-0.39, 0.29) is 0 Å². The Morgan fingerprint density at radius 1 is 1.33 bits per heavy atom. The summed E-state index contributed by atoms with van der Waals surface area (Å²) in [4.78, 5) is 10.6. The van der Waals surface area contributed by atoms with Crippen molar-refractivity contribution >= 4 is 6.09 Å². The fourth-order valence-corrected chi connectivity index (χ4v) is 1.29. The lowest BCUT2D eigenvalue weighted by atomic mass is 10.1. The van der Waals surface area contributed by atoms with E-state index >= 15 is 0 Å². The number of carbonyl (C=O) groups is 1. The Morgan fingerprint density at radius 3 is 2.00 bits per heavy atom. The molecular formula is C9H13NO2. The molecule has 0 radical (unpaired) electrons. The number of aromatic nitrogens is 1. The first-order valence-corrected chi connectivity index (χ1v) is 4.12. The molecule has 0 spiro atoms. The summed E-state index contributed by atoms with van der Waals surface area (Å²) in [7, 11) is 0. The molecular weight excluding hydrogens is 154 g/mol. The number of nitrogens with zero attached hydrogens (tertiary/aromatic N) is 1. The Morgan fingerprint density at radius 2 is 1.75 bits per heavy atom. The maximum atomic E-state index is 10.6. The molecule has 3 nitrogen and oxygen atoms in total. The maximum absolute atomic E-state index is 10.6. The van der Waals surface area contributed by atoms with Crippen molar-refractivity contribution in [2.45, 2.75) is 26.7 Å². The Labute approximate surface area is 71.6 Å². The zero-order valence-electron chi connectivity index (χ0n) is 7.37. The summed E-state index contributed by atoms with van der Waals surface area (Å²) >= 11 is 0. The SMILES string of the molecule is CCc1cn(C(=O)O)cc1CC. The third-order valence-corrected chi connectivity index (χ3v) is 1.98. The van der Waals surface area contributed by atoms with Crippen LogP contribution in [0.15, 0.2) is 12.4 Å². The average Bonchev–Trinajstić information content (AvgIpc) is 2.46. The van der Waals surface area contributed by atoms with Crippen LogP contribution in [0.5, 0.6) is 0 Å². The van der Waals surface area contributed by atoms with Crippen molar-refractivity contribution in [2.24, 2.45) is 0 Å². The van der Waals surface area contributed by atoms with Crippen molar-refractivity contribution in [3.05, 3.63) is 23.5 Å². The molecule has 1 aromatic rings. The summed E-state index contributed by atoms with van der Waals surface area (Å²) in [5.41, 5.74) is 2.25. The molecule has 0 saturated heterocycles. The highest BCUT2D eigenvalue weighted by molar-refractivity contribution is 5.68. The van der Waals surface area contributed by atoms with E-state index in [0.717, 1.165) is 24.0 Å². The molecule has 0 aromatic carbocycles. The van der Waals surface area contributed by atoms with Gasteiger partial charge in [-0.3, -0.25) is 4.57 Å². The fraction of sp³-hybridized carbons (Fsp3) is 0.444. The molecule has 1 N–H and O–H groups in total. The molecule has 3 heteroatoms. The van der Waals surface area contributed by atoms with Gasteiger partial charge in [0, 0.05) is 12.4 Å². The molecule has 0 aliphatic carbocycles. The van der Waals surface area contributed by atoms with Crippen molar-refractivity contribution in [1.82, 2.24) is 4.57 Å². The lowest BCUT2D eigenvalue weighted by Gasteiger charge is -1.92. The molecule has 1 rings (SSSR count). The molecule has 0 unspecified atom stereocenters. The quantitative estimate of drug-likeness (QED) is 0.733. The van der Waals surface area contributed by atoms with Crippen LogP contribution in [0.4, 0.5) is 4.79 Å². The predicted molar refractivity (Wildman–Crippen MR) is 46.6 cm³/mol. The Hall–Kier alpha value is -1.25. The second kappa shape index (κ2) is 3.43. The van der Waals surface area contributed by atoms with Crippen LogP contribution in [0.3, 0.4) is 0 Å². The van der Waals surface area contributed by atoms with Crippen molar-refractivity contribution in [3.63, 3.8) is 0 Å². The van der Waals surface area contributed by atoms with Crippen LogP contribution in [0, 0.1) is 0 Å². The molecule has 0 aliphatic heterocycles. The van der Waals surface area contributed by atoms with Crippen LogP contribution >= 0.6 is 0 Å². The first-order valence-electron chi connectivity index (χ1n) is 4.12. The third kappa shape index (κ3) is 1.49. The molecule has 0 aliphatic rings. The van der Waals surface area contributed by atoms with Gasteiger partial charge in [-0.2, -0.15) is 0 Å². The number of rotatable bonds is 2. The standard InChI is InChI=1S/C9H13NO2/c1-3-7-5-10(9(11)12)6-8(7)4-2/h5-6H,3-4H2,1-2H3,(H,11,12). The molecule has 12 heavy (non-hydrogen) atoms. The van der Waals surface area contributed by atoms with E-state index in [9.17, 15) is 4.79 Å². The van der Waals surface area contributed by atoms with Gasteiger partial charge in [0.05, 0.1) is 0 Å². The lowest BCUT2D eigenvalue weighted by Crippen LogP contribution is -2.03. The van der Waals surface area contributed by atoms with Crippen molar-refractivity contribution < 1.29 is 9.90 Å². The van der Waals surface area contributed by atoms with E-state index in [1.54, 1.807) is 12.4 Å². The van der Waals surface area contributed by atoms with Gasteiger partial charge in [0.2, 0.25) is 0 Å². The van der Waals surface area contributed by atoms with Gasteiger partial charge in [-0.15, -0.1) is 0 Å². The summed E-state index contributed by atoms with van der Waals surface area (Å²) in [5, 5.41) is 8.68. The molecule has 1 aromatic heterocycles. The molecule has 0 fully saturated rings. The van der Waals surface area contributed by atoms with E-state index in [1.807, 2.05) is 13.8 Å². The van der Waals surface area contributed by atoms with Gasteiger partial charge in [0.25, 0.3) is 0 Å². The van der Waals surface area contributed by atoms with Crippen LogP contribution in [0.1, 0.15) is 25.0 Å². The largest absolute Gasteiger partial charge is 0.464 e. The second-order valence-corrected chi connectivity index (χ2v) is 2.71. The summed E-state index contributed by atoms with van der Waals surface area (Å²) in [6, 6.07) is 0. The van der Waals surface area contributed by atoms with Crippen LogP contribution in [0.25, 0.3) is 0 Å². The van der Waals surface area contributed by atoms with Crippen LogP contribution < -0.4 is 0 Å². The van der Waals surface area contributed by atoms with E-state index < -0.39 is 6.09 Å². The summed E-state index contributed by atoms with van der Waals surface area (Å²) < 4.78 is 1.22. The van der Waals surface area contributed by atoms with Gasteiger partial charge in [-0.25, -0.2) is 4.79 Å². The predicted octanol–water partition coefficient (Wildman–Crippen LogP) is 2.14. The second-order valence-electron chi connectivity index (χ2n) is 2.71.